The van der Waals surface area contributed by atoms with Crippen LogP contribution < -0.4 is 0 Å². The number of benzene rings is 1. The number of Topliss-reactive ketones (excluding diaryl/α,β-unsaturated/α-hetero) is 2. The van der Waals surface area contributed by atoms with Crippen LogP contribution in [0.4, 0.5) is 4.39 Å². The van der Waals surface area contributed by atoms with E-state index in [1.165, 1.54) is 25.1 Å². The predicted octanol–water partition coefficient (Wildman–Crippen LogP) is 1.01. The molecule has 20 heavy (non-hydrogen) atoms. The average Bonchev–Trinajstić information content (AvgIpc) is 2.64. The van der Waals surface area contributed by atoms with Gasteiger partial charge >= 0.3 is 0 Å². The van der Waals surface area contributed by atoms with E-state index in [1.807, 2.05) is 0 Å². The van der Waals surface area contributed by atoms with E-state index in [2.05, 4.69) is 0 Å². The van der Waals surface area contributed by atoms with E-state index >= 15 is 0 Å². The van der Waals surface area contributed by atoms with Crippen LogP contribution in [0.15, 0.2) is 24.3 Å². The van der Waals surface area contributed by atoms with E-state index in [9.17, 15) is 18.8 Å². The van der Waals surface area contributed by atoms with Gasteiger partial charge in [-0.2, -0.15) is 5.26 Å². The molecule has 0 saturated carbocycles. The van der Waals surface area contributed by atoms with Crippen LogP contribution in [-0.4, -0.2) is 28.9 Å². The van der Waals surface area contributed by atoms with Crippen molar-refractivity contribution in [2.45, 2.75) is 13.0 Å². The van der Waals surface area contributed by atoms with Crippen LogP contribution in [0.5, 0.6) is 0 Å². The molecule has 6 heteroatoms. The minimum Gasteiger partial charge on any atom is -0.315 e. The Bertz CT molecular complexity index is 636. The lowest BCUT2D eigenvalue weighted by atomic mass is 9.90. The Labute approximate surface area is 114 Å². The molecule has 1 aliphatic rings. The largest absolute Gasteiger partial charge is 0.315 e. The zero-order valence-corrected chi connectivity index (χ0v) is 10.7. The molecule has 1 saturated heterocycles. The van der Waals surface area contributed by atoms with E-state index in [0.29, 0.717) is 5.56 Å². The number of amides is 1. The number of ketones is 2. The first-order chi connectivity index (χ1) is 9.47. The molecular formula is C14H11FN2O3. The van der Waals surface area contributed by atoms with Crippen molar-refractivity contribution in [2.75, 3.05) is 6.54 Å². The average molecular weight is 274 g/mol. The summed E-state index contributed by atoms with van der Waals surface area (Å²) in [6, 6.07) is 6.21. The van der Waals surface area contributed by atoms with Gasteiger partial charge in [0.05, 0.1) is 12.1 Å². The second-order valence-electron chi connectivity index (χ2n) is 4.54. The fraction of sp³-hybridized carbons (Fsp3) is 0.286. The molecule has 0 N–H and O–H groups in total. The normalized spacial score (nSPS) is 21.9. The maximum Gasteiger partial charge on any atom is 0.292 e. The van der Waals surface area contributed by atoms with E-state index < -0.39 is 35.3 Å². The van der Waals surface area contributed by atoms with Gasteiger partial charge in [-0.15, -0.1) is 0 Å². The lowest BCUT2D eigenvalue weighted by Gasteiger charge is -2.24. The fourth-order valence-electron chi connectivity index (χ4n) is 2.44. The fourth-order valence-corrected chi connectivity index (χ4v) is 2.44. The molecule has 0 aromatic heterocycles. The minimum atomic E-state index is -1.18. The molecule has 0 aliphatic carbocycles. The van der Waals surface area contributed by atoms with Gasteiger partial charge in [0.25, 0.3) is 5.91 Å². The molecule has 1 amide bonds. The Kier molecular flexibility index (Phi) is 3.61. The zero-order chi connectivity index (χ0) is 14.9. The Morgan fingerprint density at radius 1 is 1.45 bits per heavy atom. The smallest absolute Gasteiger partial charge is 0.292 e. The lowest BCUT2D eigenvalue weighted by Crippen LogP contribution is -2.30. The topological polar surface area (TPSA) is 78.2 Å². The molecule has 1 fully saturated rings. The number of rotatable bonds is 3. The van der Waals surface area contributed by atoms with Gasteiger partial charge in [-0.25, -0.2) is 4.39 Å². The summed E-state index contributed by atoms with van der Waals surface area (Å²) in [6.07, 6.45) is 0. The van der Waals surface area contributed by atoms with Crippen molar-refractivity contribution < 1.29 is 18.8 Å². The van der Waals surface area contributed by atoms with Crippen LogP contribution >= 0.6 is 0 Å². The third-order valence-electron chi connectivity index (χ3n) is 3.27. The summed E-state index contributed by atoms with van der Waals surface area (Å²) in [7, 11) is 0. The summed E-state index contributed by atoms with van der Waals surface area (Å²) >= 11 is 0. The van der Waals surface area contributed by atoms with Gasteiger partial charge in [-0.3, -0.25) is 14.4 Å². The molecule has 1 aromatic carbocycles. The third kappa shape index (κ3) is 2.18. The molecule has 102 valence electrons. The molecule has 5 nitrogen and oxygen atoms in total. The first-order valence-electron chi connectivity index (χ1n) is 5.95. The van der Waals surface area contributed by atoms with Crippen LogP contribution in [-0.2, 0) is 14.4 Å². The molecule has 1 heterocycles. The molecule has 2 rings (SSSR count). The van der Waals surface area contributed by atoms with Crippen molar-refractivity contribution in [3.63, 3.8) is 0 Å². The Balaban J connectivity index is 2.54. The Morgan fingerprint density at radius 3 is 2.70 bits per heavy atom. The Hall–Kier alpha value is -2.55. The second kappa shape index (κ2) is 5.21. The van der Waals surface area contributed by atoms with Gasteiger partial charge in [0.1, 0.15) is 24.1 Å². The monoisotopic (exact) mass is 274 g/mol. The highest BCUT2D eigenvalue weighted by molar-refractivity contribution is 6.42. The van der Waals surface area contributed by atoms with Crippen molar-refractivity contribution >= 4 is 17.5 Å². The minimum absolute atomic E-state index is 0.324. The second-order valence-corrected chi connectivity index (χ2v) is 4.54. The summed E-state index contributed by atoms with van der Waals surface area (Å²) < 4.78 is 13.3. The highest BCUT2D eigenvalue weighted by Gasteiger charge is 2.50. The van der Waals surface area contributed by atoms with Crippen LogP contribution in [0.3, 0.4) is 0 Å². The van der Waals surface area contributed by atoms with Crippen LogP contribution in [0.1, 0.15) is 18.5 Å². The van der Waals surface area contributed by atoms with Gasteiger partial charge in [-0.1, -0.05) is 12.1 Å². The first-order valence-corrected chi connectivity index (χ1v) is 5.95. The van der Waals surface area contributed by atoms with E-state index in [4.69, 9.17) is 5.26 Å². The number of carbonyl (C=O) groups is 3. The predicted molar refractivity (Wildman–Crippen MR) is 65.6 cm³/mol. The van der Waals surface area contributed by atoms with Crippen molar-refractivity contribution in [1.82, 2.24) is 4.90 Å². The van der Waals surface area contributed by atoms with Crippen molar-refractivity contribution in [3.05, 3.63) is 35.6 Å². The Morgan fingerprint density at radius 2 is 2.15 bits per heavy atom. The number of likely N-dealkylation sites (tertiary alicyclic amines) is 1. The number of halogens is 1. The molecule has 0 spiro atoms. The summed E-state index contributed by atoms with van der Waals surface area (Å²) in [5.41, 5.74) is 0.333. The maximum absolute atomic E-state index is 13.3. The maximum atomic E-state index is 13.3. The lowest BCUT2D eigenvalue weighted by molar-refractivity contribution is -0.141. The van der Waals surface area contributed by atoms with Gasteiger partial charge in [0.15, 0.2) is 0 Å². The molecule has 2 atom stereocenters. The SMILES string of the molecule is CC(=O)C1C(=O)C(=O)N(CC#N)C1c1cccc(F)c1. The number of hydrogen-bond acceptors (Lipinski definition) is 4. The third-order valence-corrected chi connectivity index (χ3v) is 3.27. The van der Waals surface area contributed by atoms with Gasteiger partial charge in [0.2, 0.25) is 5.78 Å². The summed E-state index contributed by atoms with van der Waals surface area (Å²) in [6.45, 7) is 0.882. The highest BCUT2D eigenvalue weighted by atomic mass is 19.1. The molecular weight excluding hydrogens is 263 g/mol. The standard InChI is InChI=1S/C14H11FN2O3/c1-8(18)11-12(9-3-2-4-10(15)7-9)17(6-5-16)14(20)13(11)19/h2-4,7,11-12H,6H2,1H3. The number of nitriles is 1. The van der Waals surface area contributed by atoms with E-state index in [0.717, 1.165) is 11.0 Å². The van der Waals surface area contributed by atoms with E-state index in [1.54, 1.807) is 6.07 Å². The van der Waals surface area contributed by atoms with Gasteiger partial charge in [-0.05, 0) is 24.6 Å². The van der Waals surface area contributed by atoms with Crippen molar-refractivity contribution in [2.24, 2.45) is 5.92 Å². The van der Waals surface area contributed by atoms with Crippen LogP contribution in [0.2, 0.25) is 0 Å². The summed E-state index contributed by atoms with van der Waals surface area (Å²) in [5.74, 6) is -3.91. The molecule has 2 unspecified atom stereocenters. The van der Waals surface area contributed by atoms with Crippen molar-refractivity contribution in [1.29, 1.82) is 5.26 Å². The summed E-state index contributed by atoms with van der Waals surface area (Å²) in [4.78, 5) is 36.4. The molecule has 0 bridgehead atoms. The molecule has 1 aromatic rings. The first kappa shape index (κ1) is 13.9. The highest BCUT2D eigenvalue weighted by Crippen LogP contribution is 2.36. The number of hydrogen-bond donors (Lipinski definition) is 0. The van der Waals surface area contributed by atoms with Gasteiger partial charge in [0, 0.05) is 0 Å². The zero-order valence-electron chi connectivity index (χ0n) is 10.7. The number of carbonyl (C=O) groups excluding carboxylic acids is 3. The van der Waals surface area contributed by atoms with Crippen LogP contribution in [0.25, 0.3) is 0 Å². The number of nitrogens with zero attached hydrogens (tertiary/aromatic N) is 2. The quantitative estimate of drug-likeness (QED) is 0.468. The van der Waals surface area contributed by atoms with E-state index in [-0.39, 0.29) is 6.54 Å². The molecule has 0 radical (unpaired) electrons. The van der Waals surface area contributed by atoms with Crippen molar-refractivity contribution in [3.8, 4) is 6.07 Å². The van der Waals surface area contributed by atoms with Gasteiger partial charge < -0.3 is 4.90 Å². The summed E-state index contributed by atoms with van der Waals surface area (Å²) in [5, 5.41) is 8.76. The van der Waals surface area contributed by atoms with Crippen LogP contribution in [0, 0.1) is 23.1 Å². The molecule has 1 aliphatic heterocycles.